The molecule has 1 aromatic carbocycles. The van der Waals surface area contributed by atoms with Crippen molar-refractivity contribution in [2.45, 2.75) is 18.4 Å². The normalized spacial score (nSPS) is 16.7. The predicted octanol–water partition coefficient (Wildman–Crippen LogP) is 1.83. The van der Waals surface area contributed by atoms with Crippen LogP contribution >= 0.6 is 0 Å². The number of rotatable bonds is 6. The lowest BCUT2D eigenvalue weighted by Gasteiger charge is -2.29. The van der Waals surface area contributed by atoms with Gasteiger partial charge in [-0.15, -0.1) is 0 Å². The molecular formula is C17H20F6N4O3. The molecule has 1 atom stereocenters. The Morgan fingerprint density at radius 1 is 1.30 bits per heavy atom. The summed E-state index contributed by atoms with van der Waals surface area (Å²) in [6.07, 6.45) is -9.52. The second-order valence-electron chi connectivity index (χ2n) is 6.60. The van der Waals surface area contributed by atoms with E-state index in [0.29, 0.717) is 11.0 Å². The van der Waals surface area contributed by atoms with Gasteiger partial charge in [-0.1, -0.05) is 0 Å². The van der Waals surface area contributed by atoms with Crippen LogP contribution in [0.4, 0.5) is 37.7 Å². The van der Waals surface area contributed by atoms with Crippen LogP contribution in [0.15, 0.2) is 18.2 Å². The summed E-state index contributed by atoms with van der Waals surface area (Å²) in [5, 5.41) is 2.00. The molecule has 7 nitrogen and oxygen atoms in total. The minimum atomic E-state index is -4.90. The zero-order chi connectivity index (χ0) is 22.7. The van der Waals surface area contributed by atoms with Crippen molar-refractivity contribution in [3.8, 4) is 0 Å². The number of nitrogens with zero attached hydrogens (tertiary/aromatic N) is 2. The Morgan fingerprint density at radius 3 is 2.50 bits per heavy atom. The fourth-order valence-corrected chi connectivity index (χ4v) is 2.93. The third kappa shape index (κ3) is 6.06. The molecule has 0 bridgehead atoms. The first-order valence-corrected chi connectivity index (χ1v) is 8.70. The number of nitrogens with two attached hydrogens (primary N) is 1. The Morgan fingerprint density at radius 2 is 1.97 bits per heavy atom. The van der Waals surface area contributed by atoms with Crippen molar-refractivity contribution in [1.82, 2.24) is 4.90 Å². The van der Waals surface area contributed by atoms with Gasteiger partial charge in [0, 0.05) is 18.8 Å². The number of halogens is 6. The third-order valence-electron chi connectivity index (χ3n) is 4.35. The number of carbonyl (C=O) groups is 2. The SMILES string of the molecule is CN(CC(F)(F)F)[C@H](CN)C(=O)Nc1ccc(N2CCOCC2=O)cc1C(F)(F)F. The average molecular weight is 442 g/mol. The van der Waals surface area contributed by atoms with Gasteiger partial charge in [0.1, 0.15) is 12.6 Å². The number of alkyl halides is 6. The van der Waals surface area contributed by atoms with E-state index in [1.165, 1.54) is 6.07 Å². The van der Waals surface area contributed by atoms with Gasteiger partial charge in [-0.2, -0.15) is 26.3 Å². The molecule has 1 aliphatic heterocycles. The second-order valence-corrected chi connectivity index (χ2v) is 6.60. The van der Waals surface area contributed by atoms with Crippen LogP contribution in [0.25, 0.3) is 0 Å². The predicted molar refractivity (Wildman–Crippen MR) is 94.8 cm³/mol. The van der Waals surface area contributed by atoms with E-state index in [2.05, 4.69) is 0 Å². The number of nitrogens with one attached hydrogen (secondary N) is 1. The molecule has 0 aliphatic carbocycles. The molecular weight excluding hydrogens is 422 g/mol. The highest BCUT2D eigenvalue weighted by molar-refractivity contribution is 5.97. The number of hydrogen-bond donors (Lipinski definition) is 2. The Balaban J connectivity index is 2.29. The number of ether oxygens (including phenoxy) is 1. The summed E-state index contributed by atoms with van der Waals surface area (Å²) < 4.78 is 83.3. The summed E-state index contributed by atoms with van der Waals surface area (Å²) in [6.45, 7) is -2.08. The summed E-state index contributed by atoms with van der Waals surface area (Å²) in [5.74, 6) is -1.65. The standard InChI is InChI=1S/C17H20F6N4O3/c1-26(9-16(18,19)20)13(7-24)15(29)25-12-3-2-10(6-11(12)17(21,22)23)27-4-5-30-8-14(27)28/h2-3,6,13H,4-5,7-9,24H2,1H3,(H,25,29)/t13-/m1/s1. The molecule has 1 saturated heterocycles. The number of amides is 2. The highest BCUT2D eigenvalue weighted by atomic mass is 19.4. The van der Waals surface area contributed by atoms with Crippen molar-refractivity contribution in [3.05, 3.63) is 23.8 Å². The van der Waals surface area contributed by atoms with Crippen molar-refractivity contribution in [3.63, 3.8) is 0 Å². The highest BCUT2D eigenvalue weighted by Gasteiger charge is 2.37. The Bertz CT molecular complexity index is 784. The van der Waals surface area contributed by atoms with E-state index in [4.69, 9.17) is 10.5 Å². The molecule has 13 heteroatoms. The number of morpholine rings is 1. The van der Waals surface area contributed by atoms with E-state index in [1.54, 1.807) is 0 Å². The van der Waals surface area contributed by atoms with Crippen LogP contribution < -0.4 is 16.0 Å². The maximum atomic E-state index is 13.5. The third-order valence-corrected chi connectivity index (χ3v) is 4.35. The van der Waals surface area contributed by atoms with E-state index in [1.807, 2.05) is 5.32 Å². The van der Waals surface area contributed by atoms with E-state index in [-0.39, 0.29) is 25.4 Å². The van der Waals surface area contributed by atoms with Gasteiger partial charge in [0.2, 0.25) is 5.91 Å². The van der Waals surface area contributed by atoms with Gasteiger partial charge in [-0.25, -0.2) is 0 Å². The molecule has 0 unspecified atom stereocenters. The summed E-state index contributed by atoms with van der Waals surface area (Å²) in [5.41, 5.74) is 3.41. The number of hydrogen-bond acceptors (Lipinski definition) is 5. The Hall–Kier alpha value is -2.38. The molecule has 1 fully saturated rings. The largest absolute Gasteiger partial charge is 0.418 e. The van der Waals surface area contributed by atoms with Gasteiger partial charge in [0.15, 0.2) is 0 Å². The molecule has 0 spiro atoms. The quantitative estimate of drug-likeness (QED) is 0.657. The lowest BCUT2D eigenvalue weighted by molar-refractivity contribution is -0.150. The van der Waals surface area contributed by atoms with Gasteiger partial charge in [-0.05, 0) is 25.2 Å². The topological polar surface area (TPSA) is 87.9 Å². The second kappa shape index (κ2) is 9.18. The van der Waals surface area contributed by atoms with E-state index < -0.39 is 54.5 Å². The zero-order valence-electron chi connectivity index (χ0n) is 15.8. The van der Waals surface area contributed by atoms with Crippen LogP contribution in [0.3, 0.4) is 0 Å². The van der Waals surface area contributed by atoms with Crippen LogP contribution in [0.1, 0.15) is 5.56 Å². The highest BCUT2D eigenvalue weighted by Crippen LogP contribution is 2.37. The average Bonchev–Trinajstić information content (AvgIpc) is 2.60. The maximum Gasteiger partial charge on any atom is 0.418 e. The van der Waals surface area contributed by atoms with Crippen LogP contribution in [0, 0.1) is 0 Å². The molecule has 1 aromatic rings. The number of carbonyl (C=O) groups excluding carboxylic acids is 2. The van der Waals surface area contributed by atoms with Crippen LogP contribution in [0.2, 0.25) is 0 Å². The van der Waals surface area contributed by atoms with Crippen LogP contribution in [-0.2, 0) is 20.5 Å². The van der Waals surface area contributed by atoms with Crippen molar-refractivity contribution < 1.29 is 40.7 Å². The molecule has 0 saturated carbocycles. The summed E-state index contributed by atoms with van der Waals surface area (Å²) in [4.78, 5) is 25.9. The fourth-order valence-electron chi connectivity index (χ4n) is 2.93. The van der Waals surface area contributed by atoms with Crippen molar-refractivity contribution >= 4 is 23.2 Å². The molecule has 1 heterocycles. The molecule has 2 rings (SSSR count). The van der Waals surface area contributed by atoms with Gasteiger partial charge in [0.25, 0.3) is 5.91 Å². The smallest absolute Gasteiger partial charge is 0.370 e. The molecule has 3 N–H and O–H groups in total. The summed E-state index contributed by atoms with van der Waals surface area (Å²) in [7, 11) is 0.988. The van der Waals surface area contributed by atoms with Crippen molar-refractivity contribution in [2.75, 3.05) is 50.1 Å². The fraction of sp³-hybridized carbons (Fsp3) is 0.529. The molecule has 2 amide bonds. The minimum Gasteiger partial charge on any atom is -0.370 e. The number of anilines is 2. The molecule has 1 aliphatic rings. The first-order chi connectivity index (χ1) is 13.8. The van der Waals surface area contributed by atoms with Crippen LogP contribution in [-0.4, -0.2) is 68.8 Å². The van der Waals surface area contributed by atoms with Gasteiger partial charge in [0.05, 0.1) is 24.4 Å². The maximum absolute atomic E-state index is 13.5. The first kappa shape index (κ1) is 23.9. The number of likely N-dealkylation sites (N-methyl/N-ethyl adjacent to an activating group) is 1. The minimum absolute atomic E-state index is 0.0433. The van der Waals surface area contributed by atoms with E-state index in [9.17, 15) is 35.9 Å². The summed E-state index contributed by atoms with van der Waals surface area (Å²) >= 11 is 0. The van der Waals surface area contributed by atoms with Crippen LogP contribution in [0.5, 0.6) is 0 Å². The van der Waals surface area contributed by atoms with E-state index >= 15 is 0 Å². The van der Waals surface area contributed by atoms with Gasteiger partial charge >= 0.3 is 12.4 Å². The summed E-state index contributed by atoms with van der Waals surface area (Å²) in [6, 6.07) is 1.32. The van der Waals surface area contributed by atoms with E-state index in [0.717, 1.165) is 18.0 Å². The lowest BCUT2D eigenvalue weighted by atomic mass is 10.1. The Labute approximate surface area is 167 Å². The van der Waals surface area contributed by atoms with Gasteiger partial charge < -0.3 is 20.7 Å². The Kier molecular flexibility index (Phi) is 7.31. The molecule has 0 radical (unpaired) electrons. The molecule has 168 valence electrons. The molecule has 0 aromatic heterocycles. The monoisotopic (exact) mass is 442 g/mol. The zero-order valence-corrected chi connectivity index (χ0v) is 15.8. The van der Waals surface area contributed by atoms with Crippen molar-refractivity contribution in [1.29, 1.82) is 0 Å². The van der Waals surface area contributed by atoms with Gasteiger partial charge in [-0.3, -0.25) is 14.5 Å². The lowest BCUT2D eigenvalue weighted by Crippen LogP contribution is -2.49. The molecule has 30 heavy (non-hydrogen) atoms. The first-order valence-electron chi connectivity index (χ1n) is 8.70. The number of benzene rings is 1. The van der Waals surface area contributed by atoms with Crippen molar-refractivity contribution in [2.24, 2.45) is 5.73 Å².